The molecule has 0 saturated heterocycles. The highest BCUT2D eigenvalue weighted by atomic mass is 16.5. The monoisotopic (exact) mass is 258 g/mol. The lowest BCUT2D eigenvalue weighted by molar-refractivity contribution is -0.159. The molecule has 0 aliphatic carbocycles. The van der Waals surface area contributed by atoms with Crippen LogP contribution < -0.4 is 0 Å². The molecule has 0 rings (SSSR count). The van der Waals surface area contributed by atoms with Crippen molar-refractivity contribution in [3.63, 3.8) is 0 Å². The normalized spacial score (nSPS) is 12.9. The van der Waals surface area contributed by atoms with E-state index in [1.165, 1.54) is 0 Å². The summed E-state index contributed by atoms with van der Waals surface area (Å²) >= 11 is 0. The van der Waals surface area contributed by atoms with Crippen molar-refractivity contribution in [3.05, 3.63) is 0 Å². The van der Waals surface area contributed by atoms with E-state index in [0.717, 1.165) is 12.8 Å². The molecule has 0 aromatic rings. The third-order valence-electron chi connectivity index (χ3n) is 3.08. The van der Waals surface area contributed by atoms with Crippen molar-refractivity contribution in [2.24, 2.45) is 11.3 Å². The van der Waals surface area contributed by atoms with Gasteiger partial charge in [-0.1, -0.05) is 27.2 Å². The topological polar surface area (TPSA) is 52.6 Å². The van der Waals surface area contributed by atoms with Crippen LogP contribution in [0.4, 0.5) is 0 Å². The Hall–Kier alpha value is -1.06. The zero-order valence-corrected chi connectivity index (χ0v) is 12.2. The van der Waals surface area contributed by atoms with Crippen LogP contribution in [0.5, 0.6) is 0 Å². The number of carbonyl (C=O) groups is 2. The average molecular weight is 258 g/mol. The van der Waals surface area contributed by atoms with Gasteiger partial charge in [0.1, 0.15) is 0 Å². The summed E-state index contributed by atoms with van der Waals surface area (Å²) in [7, 11) is 0. The number of rotatable bonds is 8. The Morgan fingerprint density at radius 1 is 1.06 bits per heavy atom. The van der Waals surface area contributed by atoms with E-state index in [4.69, 9.17) is 9.47 Å². The molecule has 4 nitrogen and oxygen atoms in total. The first-order valence-corrected chi connectivity index (χ1v) is 6.71. The first-order chi connectivity index (χ1) is 8.38. The van der Waals surface area contributed by atoms with Gasteiger partial charge in [0.05, 0.1) is 25.6 Å². The van der Waals surface area contributed by atoms with Gasteiger partial charge in [-0.25, -0.2) is 0 Å². The molecule has 0 saturated carbocycles. The minimum absolute atomic E-state index is 0.0969. The predicted molar refractivity (Wildman–Crippen MR) is 70.1 cm³/mol. The predicted octanol–water partition coefficient (Wildman–Crippen LogP) is 2.95. The molecular formula is C14H26O4. The smallest absolute Gasteiger partial charge is 0.310 e. The third-order valence-corrected chi connectivity index (χ3v) is 3.08. The second kappa shape index (κ2) is 8.11. The van der Waals surface area contributed by atoms with Gasteiger partial charge in [0, 0.05) is 0 Å². The maximum absolute atomic E-state index is 12.0. The average Bonchev–Trinajstić information content (AvgIpc) is 2.26. The van der Waals surface area contributed by atoms with E-state index < -0.39 is 5.92 Å². The lowest BCUT2D eigenvalue weighted by atomic mass is 9.74. The molecule has 106 valence electrons. The molecule has 0 spiro atoms. The van der Waals surface area contributed by atoms with Gasteiger partial charge in [-0.05, 0) is 25.7 Å². The Morgan fingerprint density at radius 3 is 2.06 bits per heavy atom. The van der Waals surface area contributed by atoms with Crippen molar-refractivity contribution < 1.29 is 19.1 Å². The van der Waals surface area contributed by atoms with E-state index in [0.29, 0.717) is 13.2 Å². The summed E-state index contributed by atoms with van der Waals surface area (Å²) in [5.41, 5.74) is -0.256. The van der Waals surface area contributed by atoms with Crippen LogP contribution >= 0.6 is 0 Å². The molecule has 0 radical (unpaired) electrons. The maximum atomic E-state index is 12.0. The SMILES string of the molecule is CCCC(C)(C)C(CC(=O)OCC)C(=O)OCC. The minimum Gasteiger partial charge on any atom is -0.466 e. The van der Waals surface area contributed by atoms with E-state index in [1.807, 2.05) is 13.8 Å². The summed E-state index contributed by atoms with van der Waals surface area (Å²) in [5, 5.41) is 0. The molecule has 0 aromatic heterocycles. The maximum Gasteiger partial charge on any atom is 0.310 e. The molecule has 4 heteroatoms. The van der Waals surface area contributed by atoms with Crippen LogP contribution in [-0.2, 0) is 19.1 Å². The number of ether oxygens (including phenoxy) is 2. The summed E-state index contributed by atoms with van der Waals surface area (Å²) in [6.45, 7) is 10.3. The van der Waals surface area contributed by atoms with Gasteiger partial charge in [0.15, 0.2) is 0 Å². The van der Waals surface area contributed by atoms with E-state index in [2.05, 4.69) is 6.92 Å². The van der Waals surface area contributed by atoms with Crippen LogP contribution in [-0.4, -0.2) is 25.2 Å². The fourth-order valence-electron chi connectivity index (χ4n) is 2.13. The van der Waals surface area contributed by atoms with Gasteiger partial charge in [-0.2, -0.15) is 0 Å². The molecule has 0 aliphatic rings. The van der Waals surface area contributed by atoms with Gasteiger partial charge in [0.2, 0.25) is 0 Å². The number of hydrogen-bond acceptors (Lipinski definition) is 4. The second-order valence-corrected chi connectivity index (χ2v) is 5.05. The van der Waals surface area contributed by atoms with Crippen LogP contribution in [0.15, 0.2) is 0 Å². The summed E-state index contributed by atoms with van der Waals surface area (Å²) in [6.07, 6.45) is 1.93. The van der Waals surface area contributed by atoms with Crippen LogP contribution in [0, 0.1) is 11.3 Å². The van der Waals surface area contributed by atoms with Gasteiger partial charge in [-0.3, -0.25) is 9.59 Å². The lowest BCUT2D eigenvalue weighted by Gasteiger charge is -2.31. The highest BCUT2D eigenvalue weighted by Crippen LogP contribution is 2.35. The van der Waals surface area contributed by atoms with Crippen molar-refractivity contribution in [2.45, 2.75) is 53.9 Å². The van der Waals surface area contributed by atoms with Crippen molar-refractivity contribution in [3.8, 4) is 0 Å². The van der Waals surface area contributed by atoms with Crippen molar-refractivity contribution in [1.82, 2.24) is 0 Å². The lowest BCUT2D eigenvalue weighted by Crippen LogP contribution is -2.34. The molecule has 1 unspecified atom stereocenters. The molecule has 0 fully saturated rings. The van der Waals surface area contributed by atoms with Gasteiger partial charge in [-0.15, -0.1) is 0 Å². The Balaban J connectivity index is 4.81. The van der Waals surface area contributed by atoms with Crippen LogP contribution in [0.2, 0.25) is 0 Å². The van der Waals surface area contributed by atoms with Crippen LogP contribution in [0.25, 0.3) is 0 Å². The quantitative estimate of drug-likeness (QED) is 0.628. The van der Waals surface area contributed by atoms with Crippen LogP contribution in [0.1, 0.15) is 53.9 Å². The third kappa shape index (κ3) is 5.52. The highest BCUT2D eigenvalue weighted by molar-refractivity contribution is 5.80. The molecule has 1 atom stereocenters. The molecule has 0 aliphatic heterocycles. The fourth-order valence-corrected chi connectivity index (χ4v) is 2.13. The van der Waals surface area contributed by atoms with Crippen molar-refractivity contribution in [1.29, 1.82) is 0 Å². The van der Waals surface area contributed by atoms with E-state index >= 15 is 0 Å². The largest absolute Gasteiger partial charge is 0.466 e. The molecule has 0 N–H and O–H groups in total. The Morgan fingerprint density at radius 2 is 1.61 bits per heavy atom. The molecule has 0 aromatic carbocycles. The first-order valence-electron chi connectivity index (χ1n) is 6.71. The Bertz CT molecular complexity index is 271. The highest BCUT2D eigenvalue weighted by Gasteiger charge is 2.37. The fraction of sp³-hybridized carbons (Fsp3) is 0.857. The van der Waals surface area contributed by atoms with E-state index in [-0.39, 0.29) is 23.8 Å². The van der Waals surface area contributed by atoms with E-state index in [1.54, 1.807) is 13.8 Å². The zero-order valence-electron chi connectivity index (χ0n) is 12.2. The van der Waals surface area contributed by atoms with Crippen molar-refractivity contribution in [2.75, 3.05) is 13.2 Å². The number of esters is 2. The Labute approximate surface area is 110 Å². The summed E-state index contributed by atoms with van der Waals surface area (Å²) < 4.78 is 10.00. The zero-order chi connectivity index (χ0) is 14.2. The molecule has 0 amide bonds. The van der Waals surface area contributed by atoms with Crippen LogP contribution in [0.3, 0.4) is 0 Å². The second-order valence-electron chi connectivity index (χ2n) is 5.05. The van der Waals surface area contributed by atoms with Gasteiger partial charge < -0.3 is 9.47 Å². The molecule has 0 heterocycles. The molecule has 18 heavy (non-hydrogen) atoms. The Kier molecular flexibility index (Phi) is 7.64. The van der Waals surface area contributed by atoms with E-state index in [9.17, 15) is 9.59 Å². The summed E-state index contributed by atoms with van der Waals surface area (Å²) in [5.74, 6) is -1.07. The van der Waals surface area contributed by atoms with Crippen molar-refractivity contribution >= 4 is 11.9 Å². The first kappa shape index (κ1) is 16.9. The summed E-state index contributed by atoms with van der Waals surface area (Å²) in [4.78, 5) is 23.6. The molecular weight excluding hydrogens is 232 g/mol. The minimum atomic E-state index is -0.434. The standard InChI is InChI=1S/C14H26O4/c1-6-9-14(4,5)11(13(16)18-8-3)10-12(15)17-7-2/h11H,6-10H2,1-5H3. The van der Waals surface area contributed by atoms with Gasteiger partial charge in [0.25, 0.3) is 0 Å². The number of hydrogen-bond donors (Lipinski definition) is 0. The van der Waals surface area contributed by atoms with Gasteiger partial charge >= 0.3 is 11.9 Å². The number of carbonyl (C=O) groups excluding carboxylic acids is 2. The molecule has 0 bridgehead atoms. The summed E-state index contributed by atoms with van der Waals surface area (Å²) in [6, 6.07) is 0.